The van der Waals surface area contributed by atoms with Gasteiger partial charge in [0.25, 0.3) is 0 Å². The molecular formula is C14H13N3O2S. The van der Waals surface area contributed by atoms with E-state index >= 15 is 0 Å². The van der Waals surface area contributed by atoms with Crippen LogP contribution in [0, 0.1) is 11.3 Å². The van der Waals surface area contributed by atoms with Crippen molar-refractivity contribution in [1.82, 2.24) is 10.2 Å². The van der Waals surface area contributed by atoms with Crippen LogP contribution in [0.3, 0.4) is 0 Å². The summed E-state index contributed by atoms with van der Waals surface area (Å²) in [6.07, 6.45) is 5.14. The van der Waals surface area contributed by atoms with E-state index in [0.717, 1.165) is 29.9 Å². The van der Waals surface area contributed by atoms with Gasteiger partial charge >= 0.3 is 5.19 Å². The second-order valence-electron chi connectivity index (χ2n) is 4.58. The van der Waals surface area contributed by atoms with Crippen LogP contribution in [-0.2, 0) is 0 Å². The van der Waals surface area contributed by atoms with Gasteiger partial charge in [-0.2, -0.15) is 5.26 Å². The van der Waals surface area contributed by atoms with Crippen molar-refractivity contribution in [3.05, 3.63) is 29.3 Å². The summed E-state index contributed by atoms with van der Waals surface area (Å²) in [5.41, 5.74) is 0. The predicted octanol–water partition coefficient (Wildman–Crippen LogP) is 3.52. The Morgan fingerprint density at radius 1 is 1.10 bits per heavy atom. The van der Waals surface area contributed by atoms with Gasteiger partial charge in [0.1, 0.15) is 17.6 Å². The topological polar surface area (TPSA) is 68.0 Å². The zero-order chi connectivity index (χ0) is 13.8. The summed E-state index contributed by atoms with van der Waals surface area (Å²) in [6, 6.07) is 9.37. The maximum absolute atomic E-state index is 8.67. The van der Waals surface area contributed by atoms with Crippen molar-refractivity contribution in [3.8, 4) is 22.8 Å². The summed E-state index contributed by atoms with van der Waals surface area (Å²) in [4.78, 5) is 0. The molecule has 1 heterocycles. The Kier molecular flexibility index (Phi) is 3.79. The quantitative estimate of drug-likeness (QED) is 0.860. The van der Waals surface area contributed by atoms with Crippen LogP contribution in [0.15, 0.2) is 24.3 Å². The van der Waals surface area contributed by atoms with Crippen molar-refractivity contribution in [1.29, 1.82) is 5.26 Å². The second kappa shape index (κ2) is 5.88. The fourth-order valence-electron chi connectivity index (χ4n) is 2.18. The van der Waals surface area contributed by atoms with E-state index in [4.69, 9.17) is 14.7 Å². The van der Waals surface area contributed by atoms with Crippen LogP contribution >= 0.6 is 11.3 Å². The van der Waals surface area contributed by atoms with Gasteiger partial charge in [-0.1, -0.05) is 5.10 Å². The molecule has 0 bridgehead atoms. The Bertz CT molecular complexity index is 612. The van der Waals surface area contributed by atoms with Gasteiger partial charge in [0.2, 0.25) is 5.01 Å². The average Bonchev–Trinajstić information content (AvgIpc) is 3.12. The fraction of sp³-hybridized carbons (Fsp3) is 0.357. The van der Waals surface area contributed by atoms with Crippen molar-refractivity contribution in [2.24, 2.45) is 0 Å². The van der Waals surface area contributed by atoms with Gasteiger partial charge in [0, 0.05) is 0 Å². The van der Waals surface area contributed by atoms with E-state index < -0.39 is 0 Å². The van der Waals surface area contributed by atoms with Gasteiger partial charge in [-0.25, -0.2) is 0 Å². The Balaban J connectivity index is 1.62. The van der Waals surface area contributed by atoms with Crippen LogP contribution < -0.4 is 9.47 Å². The van der Waals surface area contributed by atoms with Gasteiger partial charge < -0.3 is 9.47 Å². The van der Waals surface area contributed by atoms with Crippen molar-refractivity contribution in [2.45, 2.75) is 31.8 Å². The van der Waals surface area contributed by atoms with Crippen molar-refractivity contribution in [3.63, 3.8) is 0 Å². The summed E-state index contributed by atoms with van der Waals surface area (Å²) in [5.74, 6) is 1.52. The highest BCUT2D eigenvalue weighted by atomic mass is 32.1. The first-order chi connectivity index (χ1) is 9.83. The van der Waals surface area contributed by atoms with E-state index in [0.29, 0.717) is 22.1 Å². The standard InChI is InChI=1S/C14H13N3O2S/c15-9-13-16-17-14(20-13)19-12-7-5-11(6-8-12)18-10-3-1-2-4-10/h5-8,10H,1-4H2. The molecule has 2 aromatic rings. The SMILES string of the molecule is N#Cc1nnc(Oc2ccc(OC3CCCC3)cc2)s1. The highest BCUT2D eigenvalue weighted by Gasteiger charge is 2.16. The first-order valence-corrected chi connectivity index (χ1v) is 7.33. The third kappa shape index (κ3) is 3.06. The summed E-state index contributed by atoms with van der Waals surface area (Å²) in [6.45, 7) is 0. The zero-order valence-corrected chi connectivity index (χ0v) is 11.6. The molecule has 0 atom stereocenters. The molecule has 20 heavy (non-hydrogen) atoms. The van der Waals surface area contributed by atoms with Gasteiger partial charge in [-0.05, 0) is 61.3 Å². The molecule has 0 N–H and O–H groups in total. The third-order valence-electron chi connectivity index (χ3n) is 3.14. The molecule has 0 amide bonds. The van der Waals surface area contributed by atoms with E-state index in [1.54, 1.807) is 0 Å². The molecule has 1 fully saturated rings. The van der Waals surface area contributed by atoms with E-state index in [-0.39, 0.29) is 0 Å². The molecule has 3 rings (SSSR count). The molecule has 102 valence electrons. The fourth-order valence-corrected chi connectivity index (χ4v) is 2.69. The molecule has 5 nitrogen and oxygen atoms in total. The van der Waals surface area contributed by atoms with Gasteiger partial charge in [-0.3, -0.25) is 0 Å². The Morgan fingerprint density at radius 3 is 2.45 bits per heavy atom. The minimum absolute atomic E-state index is 0.293. The Morgan fingerprint density at radius 2 is 1.80 bits per heavy atom. The molecule has 1 aromatic heterocycles. The molecule has 0 aliphatic heterocycles. The summed E-state index contributed by atoms with van der Waals surface area (Å²) >= 11 is 1.12. The first kappa shape index (κ1) is 12.9. The van der Waals surface area contributed by atoms with Crippen LogP contribution in [0.1, 0.15) is 30.7 Å². The van der Waals surface area contributed by atoms with E-state index in [2.05, 4.69) is 10.2 Å². The molecule has 0 unspecified atom stereocenters. The lowest BCUT2D eigenvalue weighted by atomic mass is 10.3. The molecule has 0 radical (unpaired) electrons. The minimum Gasteiger partial charge on any atom is -0.490 e. The highest BCUT2D eigenvalue weighted by molar-refractivity contribution is 7.13. The maximum atomic E-state index is 8.67. The smallest absolute Gasteiger partial charge is 0.300 e. The van der Waals surface area contributed by atoms with Gasteiger partial charge in [-0.15, -0.1) is 5.10 Å². The van der Waals surface area contributed by atoms with E-state index in [1.165, 1.54) is 12.8 Å². The predicted molar refractivity (Wildman–Crippen MR) is 74.0 cm³/mol. The van der Waals surface area contributed by atoms with Crippen molar-refractivity contribution >= 4 is 11.3 Å². The number of hydrogen-bond donors (Lipinski definition) is 0. The highest BCUT2D eigenvalue weighted by Crippen LogP contribution is 2.28. The van der Waals surface area contributed by atoms with Gasteiger partial charge in [0.05, 0.1) is 6.10 Å². The Labute approximate surface area is 120 Å². The number of benzene rings is 1. The monoisotopic (exact) mass is 287 g/mol. The number of hydrogen-bond acceptors (Lipinski definition) is 6. The van der Waals surface area contributed by atoms with E-state index in [1.807, 2.05) is 30.3 Å². The summed E-state index contributed by atoms with van der Waals surface area (Å²) in [7, 11) is 0. The number of ether oxygens (including phenoxy) is 2. The molecule has 6 heteroatoms. The molecular weight excluding hydrogens is 274 g/mol. The lowest BCUT2D eigenvalue weighted by molar-refractivity contribution is 0.210. The summed E-state index contributed by atoms with van der Waals surface area (Å²) in [5, 5.41) is 16.8. The molecule has 1 saturated carbocycles. The molecule has 0 saturated heterocycles. The molecule has 0 spiro atoms. The van der Waals surface area contributed by atoms with Crippen LogP contribution in [0.2, 0.25) is 0 Å². The lowest BCUT2D eigenvalue weighted by Crippen LogP contribution is -2.10. The molecule has 1 aliphatic carbocycles. The zero-order valence-electron chi connectivity index (χ0n) is 10.8. The summed E-state index contributed by atoms with van der Waals surface area (Å²) < 4.78 is 11.4. The number of rotatable bonds is 4. The maximum Gasteiger partial charge on any atom is 0.300 e. The minimum atomic E-state index is 0.293. The van der Waals surface area contributed by atoms with E-state index in [9.17, 15) is 0 Å². The lowest BCUT2D eigenvalue weighted by Gasteiger charge is -2.13. The van der Waals surface area contributed by atoms with Gasteiger partial charge in [0.15, 0.2) is 0 Å². The normalized spacial score (nSPS) is 14.9. The molecule has 1 aliphatic rings. The largest absolute Gasteiger partial charge is 0.490 e. The second-order valence-corrected chi connectivity index (χ2v) is 5.52. The first-order valence-electron chi connectivity index (χ1n) is 6.52. The molecule has 1 aromatic carbocycles. The van der Waals surface area contributed by atoms with Crippen LogP contribution in [0.25, 0.3) is 0 Å². The third-order valence-corrected chi connectivity index (χ3v) is 3.84. The number of nitriles is 1. The number of aromatic nitrogens is 2. The van der Waals surface area contributed by atoms with Crippen molar-refractivity contribution < 1.29 is 9.47 Å². The van der Waals surface area contributed by atoms with Crippen molar-refractivity contribution in [2.75, 3.05) is 0 Å². The van der Waals surface area contributed by atoms with Crippen LogP contribution in [0.4, 0.5) is 0 Å². The number of nitrogens with zero attached hydrogens (tertiary/aromatic N) is 3. The van der Waals surface area contributed by atoms with Crippen LogP contribution in [0.5, 0.6) is 16.7 Å². The van der Waals surface area contributed by atoms with Crippen LogP contribution in [-0.4, -0.2) is 16.3 Å². The average molecular weight is 287 g/mol. The Hall–Kier alpha value is -2.13.